The average molecular weight is 302 g/mol. The number of benzene rings is 1. The van der Waals surface area contributed by atoms with Crippen molar-refractivity contribution in [2.45, 2.75) is 57.9 Å². The zero-order chi connectivity index (χ0) is 14.0. The normalized spacial score (nSPS) is 29.2. The Labute approximate surface area is 125 Å². The van der Waals surface area contributed by atoms with Gasteiger partial charge in [-0.1, -0.05) is 29.3 Å². The Bertz CT molecular complexity index is 428. The third kappa shape index (κ3) is 4.09. The molecule has 1 aliphatic heterocycles. The highest BCUT2D eigenvalue weighted by Crippen LogP contribution is 2.28. The maximum absolute atomic E-state index is 6.25. The molecular formula is C15H21Cl2NO. The zero-order valence-electron chi connectivity index (χ0n) is 11.6. The SMILES string of the molecule is CC1CC(NC(C)c2ccc(Cl)cc2Cl)CC(C)O1. The Hall–Kier alpha value is -0.280. The van der Waals surface area contributed by atoms with Crippen LogP contribution < -0.4 is 5.32 Å². The Balaban J connectivity index is 2.02. The molecule has 0 spiro atoms. The lowest BCUT2D eigenvalue weighted by Gasteiger charge is -2.34. The lowest BCUT2D eigenvalue weighted by atomic mass is 9.98. The van der Waals surface area contributed by atoms with Gasteiger partial charge in [0, 0.05) is 22.1 Å². The summed E-state index contributed by atoms with van der Waals surface area (Å²) >= 11 is 12.2. The van der Waals surface area contributed by atoms with Crippen LogP contribution >= 0.6 is 23.2 Å². The molecule has 106 valence electrons. The first-order chi connectivity index (χ1) is 8.95. The summed E-state index contributed by atoms with van der Waals surface area (Å²) < 4.78 is 5.76. The molecule has 2 rings (SSSR count). The first kappa shape index (κ1) is 15.1. The third-order valence-electron chi connectivity index (χ3n) is 3.61. The summed E-state index contributed by atoms with van der Waals surface area (Å²) in [7, 11) is 0. The fourth-order valence-corrected chi connectivity index (χ4v) is 3.41. The van der Waals surface area contributed by atoms with Gasteiger partial charge in [-0.3, -0.25) is 0 Å². The second-order valence-corrected chi connectivity index (χ2v) is 6.32. The fourth-order valence-electron chi connectivity index (χ4n) is 2.84. The molecule has 1 heterocycles. The molecule has 0 saturated carbocycles. The largest absolute Gasteiger partial charge is 0.375 e. The number of rotatable bonds is 3. The van der Waals surface area contributed by atoms with E-state index in [-0.39, 0.29) is 6.04 Å². The van der Waals surface area contributed by atoms with Gasteiger partial charge in [0.25, 0.3) is 0 Å². The van der Waals surface area contributed by atoms with Crippen LogP contribution in [0.5, 0.6) is 0 Å². The smallest absolute Gasteiger partial charge is 0.0565 e. The highest BCUT2D eigenvalue weighted by molar-refractivity contribution is 6.35. The summed E-state index contributed by atoms with van der Waals surface area (Å²) in [6, 6.07) is 6.36. The third-order valence-corrected chi connectivity index (χ3v) is 4.17. The van der Waals surface area contributed by atoms with Crippen molar-refractivity contribution in [1.29, 1.82) is 0 Å². The van der Waals surface area contributed by atoms with Crippen LogP contribution in [0.2, 0.25) is 10.0 Å². The number of nitrogens with one attached hydrogen (secondary N) is 1. The molecule has 1 saturated heterocycles. The van der Waals surface area contributed by atoms with Gasteiger partial charge < -0.3 is 10.1 Å². The van der Waals surface area contributed by atoms with Gasteiger partial charge in [0.15, 0.2) is 0 Å². The summed E-state index contributed by atoms with van der Waals surface area (Å²) in [6.45, 7) is 6.40. The summed E-state index contributed by atoms with van der Waals surface area (Å²) in [5, 5.41) is 5.05. The Morgan fingerprint density at radius 2 is 1.84 bits per heavy atom. The minimum atomic E-state index is 0.215. The van der Waals surface area contributed by atoms with E-state index in [0.717, 1.165) is 23.4 Å². The standard InChI is InChI=1S/C15H21Cl2NO/c1-9-6-13(7-10(2)19-9)18-11(3)14-5-4-12(16)8-15(14)17/h4-5,8-11,13,18H,6-7H2,1-3H3. The number of ether oxygens (including phenoxy) is 1. The summed E-state index contributed by atoms with van der Waals surface area (Å²) in [6.07, 6.45) is 2.71. The van der Waals surface area contributed by atoms with Gasteiger partial charge >= 0.3 is 0 Å². The number of hydrogen-bond donors (Lipinski definition) is 1. The molecule has 3 atom stereocenters. The molecule has 2 nitrogen and oxygen atoms in total. The van der Waals surface area contributed by atoms with Crippen molar-refractivity contribution in [3.05, 3.63) is 33.8 Å². The van der Waals surface area contributed by atoms with E-state index < -0.39 is 0 Å². The van der Waals surface area contributed by atoms with E-state index in [1.54, 1.807) is 6.07 Å². The molecule has 4 heteroatoms. The van der Waals surface area contributed by atoms with Gasteiger partial charge in [-0.15, -0.1) is 0 Å². The van der Waals surface area contributed by atoms with Gasteiger partial charge in [0.05, 0.1) is 12.2 Å². The molecule has 1 N–H and O–H groups in total. The van der Waals surface area contributed by atoms with Gasteiger partial charge in [0.2, 0.25) is 0 Å². The highest BCUT2D eigenvalue weighted by Gasteiger charge is 2.25. The van der Waals surface area contributed by atoms with E-state index in [4.69, 9.17) is 27.9 Å². The van der Waals surface area contributed by atoms with Gasteiger partial charge in [-0.25, -0.2) is 0 Å². The van der Waals surface area contributed by atoms with E-state index in [2.05, 4.69) is 26.1 Å². The van der Waals surface area contributed by atoms with Crippen molar-refractivity contribution in [3.8, 4) is 0 Å². The Kier molecular flexibility index (Phi) is 5.13. The maximum atomic E-state index is 6.25. The number of halogens is 2. The van der Waals surface area contributed by atoms with E-state index in [1.807, 2.05) is 12.1 Å². The Morgan fingerprint density at radius 1 is 1.21 bits per heavy atom. The second kappa shape index (κ2) is 6.45. The molecule has 1 aromatic carbocycles. The molecule has 0 aromatic heterocycles. The van der Waals surface area contributed by atoms with Crippen LogP contribution in [0.25, 0.3) is 0 Å². The molecule has 1 aliphatic rings. The summed E-state index contributed by atoms with van der Waals surface area (Å²) in [5.74, 6) is 0. The van der Waals surface area contributed by atoms with Crippen molar-refractivity contribution in [3.63, 3.8) is 0 Å². The quantitative estimate of drug-likeness (QED) is 0.881. The van der Waals surface area contributed by atoms with Crippen LogP contribution in [0.15, 0.2) is 18.2 Å². The first-order valence-corrected chi connectivity index (χ1v) is 7.57. The predicted octanol–water partition coefficient (Wildman–Crippen LogP) is 4.60. The van der Waals surface area contributed by atoms with E-state index in [1.165, 1.54) is 0 Å². The molecule has 1 fully saturated rings. The van der Waals surface area contributed by atoms with Crippen LogP contribution in [-0.2, 0) is 4.74 Å². The molecule has 3 unspecified atom stereocenters. The summed E-state index contributed by atoms with van der Waals surface area (Å²) in [4.78, 5) is 0. The van der Waals surface area contributed by atoms with Crippen LogP contribution in [-0.4, -0.2) is 18.2 Å². The topological polar surface area (TPSA) is 21.3 Å². The van der Waals surface area contributed by atoms with E-state index in [0.29, 0.717) is 23.3 Å². The van der Waals surface area contributed by atoms with Crippen LogP contribution in [0.1, 0.15) is 45.2 Å². The molecule has 0 bridgehead atoms. The van der Waals surface area contributed by atoms with Gasteiger partial charge in [-0.05, 0) is 51.3 Å². The molecule has 1 aromatic rings. The van der Waals surface area contributed by atoms with Crippen LogP contribution in [0.4, 0.5) is 0 Å². The van der Waals surface area contributed by atoms with Crippen molar-refractivity contribution < 1.29 is 4.74 Å². The van der Waals surface area contributed by atoms with Gasteiger partial charge in [0.1, 0.15) is 0 Å². The van der Waals surface area contributed by atoms with Crippen molar-refractivity contribution >= 4 is 23.2 Å². The Morgan fingerprint density at radius 3 is 2.42 bits per heavy atom. The van der Waals surface area contributed by atoms with Crippen molar-refractivity contribution in [2.24, 2.45) is 0 Å². The van der Waals surface area contributed by atoms with Crippen molar-refractivity contribution in [1.82, 2.24) is 5.32 Å². The fraction of sp³-hybridized carbons (Fsp3) is 0.600. The number of hydrogen-bond acceptors (Lipinski definition) is 2. The predicted molar refractivity (Wildman–Crippen MR) is 81.0 cm³/mol. The van der Waals surface area contributed by atoms with E-state index >= 15 is 0 Å². The lowest BCUT2D eigenvalue weighted by Crippen LogP contribution is -2.42. The minimum Gasteiger partial charge on any atom is -0.375 e. The monoisotopic (exact) mass is 301 g/mol. The second-order valence-electron chi connectivity index (χ2n) is 5.48. The zero-order valence-corrected chi connectivity index (χ0v) is 13.1. The maximum Gasteiger partial charge on any atom is 0.0565 e. The van der Waals surface area contributed by atoms with Crippen LogP contribution in [0.3, 0.4) is 0 Å². The first-order valence-electron chi connectivity index (χ1n) is 6.82. The molecule has 19 heavy (non-hydrogen) atoms. The van der Waals surface area contributed by atoms with Gasteiger partial charge in [-0.2, -0.15) is 0 Å². The summed E-state index contributed by atoms with van der Waals surface area (Å²) in [5.41, 5.74) is 1.10. The molecule has 0 radical (unpaired) electrons. The molecular weight excluding hydrogens is 281 g/mol. The lowest BCUT2D eigenvalue weighted by molar-refractivity contribution is -0.0433. The van der Waals surface area contributed by atoms with Crippen LogP contribution in [0, 0.1) is 0 Å². The molecule has 0 amide bonds. The average Bonchev–Trinajstić information content (AvgIpc) is 2.26. The minimum absolute atomic E-state index is 0.215. The molecule has 0 aliphatic carbocycles. The highest BCUT2D eigenvalue weighted by atomic mass is 35.5. The van der Waals surface area contributed by atoms with E-state index in [9.17, 15) is 0 Å². The van der Waals surface area contributed by atoms with Crippen molar-refractivity contribution in [2.75, 3.05) is 0 Å².